The molecule has 0 unspecified atom stereocenters. The zero-order valence-corrected chi connectivity index (χ0v) is 14.6. The summed E-state index contributed by atoms with van der Waals surface area (Å²) in [5.74, 6) is 1.01. The molecule has 2 fully saturated rings. The van der Waals surface area contributed by atoms with Gasteiger partial charge in [-0.15, -0.1) is 0 Å². The molecule has 2 aliphatic heterocycles. The number of rotatable bonds is 3. The van der Waals surface area contributed by atoms with Crippen LogP contribution in [0.2, 0.25) is 0 Å². The van der Waals surface area contributed by atoms with Gasteiger partial charge in [-0.2, -0.15) is 0 Å². The first-order valence-corrected chi connectivity index (χ1v) is 9.38. The van der Waals surface area contributed by atoms with Gasteiger partial charge >= 0.3 is 0 Å². The Morgan fingerprint density at radius 3 is 2.79 bits per heavy atom. The minimum Gasteiger partial charge on any atom is -0.381 e. The van der Waals surface area contributed by atoms with E-state index < -0.39 is 0 Å². The van der Waals surface area contributed by atoms with Crippen molar-refractivity contribution in [2.24, 2.45) is 0 Å². The minimum absolute atomic E-state index is 0.0365. The maximum atomic E-state index is 12.9. The van der Waals surface area contributed by atoms with E-state index in [1.807, 2.05) is 31.2 Å². The fraction of sp³-hybridized carbons (Fsp3) is 0.500. The lowest BCUT2D eigenvalue weighted by Gasteiger charge is -2.31. The second-order valence-electron chi connectivity index (χ2n) is 6.36. The van der Waals surface area contributed by atoms with Gasteiger partial charge in [-0.3, -0.25) is 4.79 Å². The number of para-hydroxylation sites is 1. The third-order valence-corrected chi connectivity index (χ3v) is 6.01. The molecule has 0 N–H and O–H groups in total. The standard InChI is InChI=1S/C18H21N3O2S/c1-12-19-15-5-3-2-4-14(15)17(20-12)24-16-6-9-21(18(16)22)13-7-10-23-11-8-13/h2-5,13,16H,6-11H2,1H3/t16-/m1/s1. The van der Waals surface area contributed by atoms with Gasteiger partial charge < -0.3 is 9.64 Å². The van der Waals surface area contributed by atoms with E-state index in [-0.39, 0.29) is 11.2 Å². The normalized spacial score (nSPS) is 22.5. The summed E-state index contributed by atoms with van der Waals surface area (Å²) in [7, 11) is 0. The number of nitrogens with zero attached hydrogens (tertiary/aromatic N) is 3. The highest BCUT2D eigenvalue weighted by atomic mass is 32.2. The molecular formula is C18H21N3O2S. The second-order valence-corrected chi connectivity index (χ2v) is 7.55. The number of ether oxygens (including phenoxy) is 1. The first-order valence-electron chi connectivity index (χ1n) is 8.50. The minimum atomic E-state index is -0.0365. The van der Waals surface area contributed by atoms with Crippen molar-refractivity contribution < 1.29 is 9.53 Å². The quantitative estimate of drug-likeness (QED) is 0.802. The van der Waals surface area contributed by atoms with Gasteiger partial charge in [-0.1, -0.05) is 30.0 Å². The Hall–Kier alpha value is -1.66. The van der Waals surface area contributed by atoms with Crippen molar-refractivity contribution in [3.63, 3.8) is 0 Å². The van der Waals surface area contributed by atoms with Gasteiger partial charge in [0.15, 0.2) is 0 Å². The summed E-state index contributed by atoms with van der Waals surface area (Å²) < 4.78 is 5.42. The van der Waals surface area contributed by atoms with Gasteiger partial charge in [0.05, 0.1) is 10.8 Å². The number of amides is 1. The number of aromatic nitrogens is 2. The van der Waals surface area contributed by atoms with E-state index in [4.69, 9.17) is 4.74 Å². The van der Waals surface area contributed by atoms with Gasteiger partial charge in [-0.05, 0) is 32.3 Å². The third-order valence-electron chi connectivity index (χ3n) is 4.76. The maximum absolute atomic E-state index is 12.9. The molecule has 2 aromatic rings. The fourth-order valence-electron chi connectivity index (χ4n) is 3.53. The highest BCUT2D eigenvalue weighted by Crippen LogP contribution is 2.35. The smallest absolute Gasteiger partial charge is 0.236 e. The van der Waals surface area contributed by atoms with Crippen LogP contribution in [0.4, 0.5) is 0 Å². The van der Waals surface area contributed by atoms with Gasteiger partial charge in [0, 0.05) is 31.2 Å². The molecular weight excluding hydrogens is 322 g/mol. The van der Waals surface area contributed by atoms with Crippen molar-refractivity contribution in [3.05, 3.63) is 30.1 Å². The van der Waals surface area contributed by atoms with E-state index in [9.17, 15) is 4.79 Å². The third kappa shape index (κ3) is 3.00. The fourth-order valence-corrected chi connectivity index (χ4v) is 4.74. The molecule has 1 aromatic heterocycles. The lowest BCUT2D eigenvalue weighted by molar-refractivity contribution is -0.130. The molecule has 126 valence electrons. The second kappa shape index (κ2) is 6.69. The predicted molar refractivity (Wildman–Crippen MR) is 94.1 cm³/mol. The van der Waals surface area contributed by atoms with E-state index >= 15 is 0 Å². The molecule has 0 radical (unpaired) electrons. The molecule has 4 rings (SSSR count). The zero-order chi connectivity index (χ0) is 16.5. The molecule has 1 aromatic carbocycles. The van der Waals surface area contributed by atoms with E-state index in [2.05, 4.69) is 14.9 Å². The molecule has 2 aliphatic rings. The van der Waals surface area contributed by atoms with E-state index in [0.29, 0.717) is 6.04 Å². The van der Waals surface area contributed by atoms with E-state index in [0.717, 1.165) is 60.8 Å². The predicted octanol–water partition coefficient (Wildman–Crippen LogP) is 2.81. The molecule has 24 heavy (non-hydrogen) atoms. The van der Waals surface area contributed by atoms with Crippen LogP contribution in [0.1, 0.15) is 25.1 Å². The molecule has 0 saturated carbocycles. The molecule has 0 bridgehead atoms. The summed E-state index contributed by atoms with van der Waals surface area (Å²) in [5.41, 5.74) is 0.944. The van der Waals surface area contributed by atoms with Crippen molar-refractivity contribution in [2.75, 3.05) is 19.8 Å². The van der Waals surface area contributed by atoms with Crippen molar-refractivity contribution >= 4 is 28.6 Å². The highest BCUT2D eigenvalue weighted by Gasteiger charge is 2.37. The summed E-state index contributed by atoms with van der Waals surface area (Å²) in [5, 5.41) is 1.92. The lowest BCUT2D eigenvalue weighted by atomic mass is 10.1. The molecule has 0 aliphatic carbocycles. The Morgan fingerprint density at radius 2 is 1.96 bits per heavy atom. The van der Waals surface area contributed by atoms with Crippen LogP contribution in [-0.2, 0) is 9.53 Å². The number of hydrogen-bond acceptors (Lipinski definition) is 5. The van der Waals surface area contributed by atoms with Crippen LogP contribution in [0, 0.1) is 6.92 Å². The highest BCUT2D eigenvalue weighted by molar-refractivity contribution is 8.00. The van der Waals surface area contributed by atoms with Crippen LogP contribution in [0.5, 0.6) is 0 Å². The van der Waals surface area contributed by atoms with E-state index in [1.165, 1.54) is 0 Å². The number of likely N-dealkylation sites (tertiary alicyclic amines) is 1. The van der Waals surface area contributed by atoms with Crippen molar-refractivity contribution in [1.29, 1.82) is 0 Å². The number of thioether (sulfide) groups is 1. The molecule has 0 spiro atoms. The topological polar surface area (TPSA) is 55.3 Å². The number of benzene rings is 1. The summed E-state index contributed by atoms with van der Waals surface area (Å²) >= 11 is 1.60. The van der Waals surface area contributed by atoms with Crippen LogP contribution < -0.4 is 0 Å². The summed E-state index contributed by atoms with van der Waals surface area (Å²) in [6.07, 6.45) is 2.80. The number of carbonyl (C=O) groups is 1. The number of hydrogen-bond donors (Lipinski definition) is 0. The molecule has 1 amide bonds. The molecule has 5 nitrogen and oxygen atoms in total. The molecule has 2 saturated heterocycles. The van der Waals surface area contributed by atoms with Crippen LogP contribution in [0.3, 0.4) is 0 Å². The molecule has 6 heteroatoms. The molecule has 1 atom stereocenters. The van der Waals surface area contributed by atoms with Crippen LogP contribution in [-0.4, -0.2) is 51.8 Å². The monoisotopic (exact) mass is 343 g/mol. The largest absolute Gasteiger partial charge is 0.381 e. The summed E-state index contributed by atoms with van der Waals surface area (Å²) in [4.78, 5) is 24.0. The lowest BCUT2D eigenvalue weighted by Crippen LogP contribution is -2.41. The number of aryl methyl sites for hydroxylation is 1. The zero-order valence-electron chi connectivity index (χ0n) is 13.8. The van der Waals surface area contributed by atoms with E-state index in [1.54, 1.807) is 11.8 Å². The number of fused-ring (bicyclic) bond motifs is 1. The number of carbonyl (C=O) groups excluding carboxylic acids is 1. The molecule has 3 heterocycles. The Balaban J connectivity index is 1.55. The van der Waals surface area contributed by atoms with Crippen molar-refractivity contribution in [3.8, 4) is 0 Å². The van der Waals surface area contributed by atoms with Crippen LogP contribution in [0.25, 0.3) is 10.9 Å². The Bertz CT molecular complexity index is 761. The Kier molecular flexibility index (Phi) is 4.41. The van der Waals surface area contributed by atoms with Crippen molar-refractivity contribution in [1.82, 2.24) is 14.9 Å². The summed E-state index contributed by atoms with van der Waals surface area (Å²) in [6.45, 7) is 4.29. The first kappa shape index (κ1) is 15.8. The first-order chi connectivity index (χ1) is 11.7. The average Bonchev–Trinajstić information content (AvgIpc) is 2.96. The Labute approximate surface area is 145 Å². The van der Waals surface area contributed by atoms with Crippen molar-refractivity contribution in [2.45, 2.75) is 42.5 Å². The summed E-state index contributed by atoms with van der Waals surface area (Å²) in [6, 6.07) is 8.36. The van der Waals surface area contributed by atoms with Crippen LogP contribution >= 0.6 is 11.8 Å². The Morgan fingerprint density at radius 1 is 1.17 bits per heavy atom. The van der Waals surface area contributed by atoms with Crippen LogP contribution in [0.15, 0.2) is 29.3 Å². The average molecular weight is 343 g/mol. The van der Waals surface area contributed by atoms with Gasteiger partial charge in [0.1, 0.15) is 10.9 Å². The van der Waals surface area contributed by atoms with Gasteiger partial charge in [-0.25, -0.2) is 9.97 Å². The maximum Gasteiger partial charge on any atom is 0.236 e. The van der Waals surface area contributed by atoms with Gasteiger partial charge in [0.25, 0.3) is 0 Å². The SMILES string of the molecule is Cc1nc(S[C@@H]2CCN(C3CCOCC3)C2=O)c2ccccc2n1. The van der Waals surface area contributed by atoms with Gasteiger partial charge in [0.2, 0.25) is 5.91 Å².